The third-order valence-corrected chi connectivity index (χ3v) is 3.95. The normalized spacial score (nSPS) is 13.7. The van der Waals surface area contributed by atoms with E-state index in [-0.39, 0.29) is 26.8 Å². The number of hydrogen-bond acceptors (Lipinski definition) is 6. The summed E-state index contributed by atoms with van der Waals surface area (Å²) in [5.74, 6) is 0.849. The number of unbranched alkanes of at least 4 members (excludes halogenated alkanes) is 2. The van der Waals surface area contributed by atoms with Gasteiger partial charge in [-0.1, -0.05) is 37.1 Å². The summed E-state index contributed by atoms with van der Waals surface area (Å²) in [5.41, 5.74) is 13.1. The number of rotatable bonds is 12. The molecule has 4 N–H and O–H groups in total. The van der Waals surface area contributed by atoms with E-state index >= 15 is 0 Å². The summed E-state index contributed by atoms with van der Waals surface area (Å²) < 4.78 is 0. The molecule has 31 heavy (non-hydrogen) atoms. The molecule has 0 saturated carbocycles. The van der Waals surface area contributed by atoms with E-state index in [1.165, 1.54) is 24.0 Å². The Morgan fingerprint density at radius 1 is 0.742 bits per heavy atom. The molecule has 0 amide bonds. The van der Waals surface area contributed by atoms with E-state index in [0.29, 0.717) is 11.8 Å². The van der Waals surface area contributed by atoms with Gasteiger partial charge in [0.25, 0.3) is 0 Å². The molecule has 0 unspecified atom stereocenters. The molecule has 180 valence electrons. The molecule has 0 aliphatic carbocycles. The predicted octanol–water partition coefficient (Wildman–Crippen LogP) is 5.21. The monoisotopic (exact) mass is 510 g/mol. The summed E-state index contributed by atoms with van der Waals surface area (Å²) in [4.78, 5) is 0. The summed E-state index contributed by atoms with van der Waals surface area (Å²) in [5, 5.41) is 15.0. The topological polar surface area (TPSA) is 101 Å². The second-order valence-corrected chi connectivity index (χ2v) is 8.62. The van der Waals surface area contributed by atoms with Gasteiger partial charge in [-0.3, -0.25) is 0 Å². The molecule has 0 aromatic carbocycles. The van der Waals surface area contributed by atoms with Gasteiger partial charge in [0, 0.05) is 12.4 Å². The van der Waals surface area contributed by atoms with E-state index < -0.39 is 0 Å². The molecule has 2 atom stereocenters. The quantitative estimate of drug-likeness (QED) is 0.0715. The molecule has 0 aliphatic rings. The summed E-state index contributed by atoms with van der Waals surface area (Å²) >= 11 is 9.14. The molecule has 0 radical (unpaired) electrons. The molecular formula is C22H40N6NiS2. The molecule has 0 fully saturated rings. The average molecular weight is 511 g/mol. The number of amidine groups is 2. The van der Waals surface area contributed by atoms with Crippen molar-refractivity contribution >= 4 is 48.0 Å². The summed E-state index contributed by atoms with van der Waals surface area (Å²) in [6.07, 6.45) is 14.9. The average Bonchev–Trinajstić information content (AvgIpc) is 2.62. The van der Waals surface area contributed by atoms with Gasteiger partial charge in [-0.25, -0.2) is 0 Å². The molecule has 0 aromatic heterocycles. The van der Waals surface area contributed by atoms with E-state index in [0.717, 1.165) is 25.7 Å². The van der Waals surface area contributed by atoms with Crippen molar-refractivity contribution in [1.29, 1.82) is 0 Å². The van der Waals surface area contributed by atoms with Gasteiger partial charge in [-0.05, 0) is 88.4 Å². The predicted molar refractivity (Wildman–Crippen MR) is 140 cm³/mol. The van der Waals surface area contributed by atoms with Crippen molar-refractivity contribution in [3.8, 4) is 0 Å². The van der Waals surface area contributed by atoms with Gasteiger partial charge in [-0.15, -0.1) is 0 Å². The number of nitrogens with two attached hydrogens (primary N) is 2. The van der Waals surface area contributed by atoms with Crippen LogP contribution in [-0.2, 0) is 41.7 Å². The molecule has 0 rings (SSSR count). The van der Waals surface area contributed by atoms with Gasteiger partial charge in [0.1, 0.15) is 0 Å². The van der Waals surface area contributed by atoms with E-state index in [2.05, 4.69) is 99.4 Å². The molecule has 0 spiro atoms. The maximum Gasteiger partial charge on any atom is 2.00 e. The number of hydrogen-bond donors (Lipinski definition) is 2. The van der Waals surface area contributed by atoms with Crippen molar-refractivity contribution in [2.45, 2.75) is 80.1 Å². The molecule has 0 aromatic rings. The van der Waals surface area contributed by atoms with Crippen LogP contribution in [0.4, 0.5) is 0 Å². The number of nitrogens with zero attached hydrogens (tertiary/aromatic N) is 4. The molecule has 0 aliphatic heterocycles. The van der Waals surface area contributed by atoms with Crippen LogP contribution in [0, 0.1) is 11.8 Å². The zero-order valence-corrected chi connectivity index (χ0v) is 22.4. The van der Waals surface area contributed by atoms with Crippen LogP contribution < -0.4 is 11.5 Å². The Bertz CT molecular complexity index is 557. The number of allylic oxidation sites excluding steroid dienone is 4. The fourth-order valence-electron chi connectivity index (χ4n) is 2.22. The fraction of sp³-hybridized carbons (Fsp3) is 0.636. The van der Waals surface area contributed by atoms with E-state index in [9.17, 15) is 0 Å². The maximum absolute atomic E-state index is 5.18. The maximum atomic E-state index is 5.18. The van der Waals surface area contributed by atoms with E-state index in [1.807, 2.05) is 0 Å². The Hall–Kier alpha value is -1.31. The zero-order chi connectivity index (χ0) is 23.4. The summed E-state index contributed by atoms with van der Waals surface area (Å²) in [6.45, 7) is 12.7. The molecule has 0 saturated heterocycles. The second kappa shape index (κ2) is 23.4. The van der Waals surface area contributed by atoms with Crippen LogP contribution in [0.2, 0.25) is 0 Å². The second-order valence-electron chi connectivity index (χ2n) is 7.78. The van der Waals surface area contributed by atoms with Crippen molar-refractivity contribution < 1.29 is 16.5 Å². The Balaban J connectivity index is -0.000000490. The SMILES string of the molecule is CC(C)=CCCC[C@H](C)/C=N/N=C(/N)[S-].CC(C)=CCCC[C@H](C)/C=N/N=C(/N)[S-].[Ni+2]. The molecule has 9 heteroatoms. The van der Waals surface area contributed by atoms with Crippen molar-refractivity contribution in [3.63, 3.8) is 0 Å². The first-order valence-electron chi connectivity index (χ1n) is 10.4. The van der Waals surface area contributed by atoms with E-state index in [4.69, 9.17) is 11.5 Å². The Morgan fingerprint density at radius 2 is 1.06 bits per heavy atom. The van der Waals surface area contributed by atoms with Gasteiger partial charge < -0.3 is 36.7 Å². The standard InChI is InChI=1S/2C11H21N3S.Ni/c2*1-9(2)6-4-5-7-10(3)8-13-14-11(12)15;/h2*6,8,10H,4-5,7H2,1-3H3,(H3,12,14,15);/q;;+2/p-2/b2*13-8+;/t2*10-;/m00./s1. The largest absolute Gasteiger partial charge is 2.00 e. The zero-order valence-electron chi connectivity index (χ0n) is 19.8. The van der Waals surface area contributed by atoms with Crippen LogP contribution in [0.5, 0.6) is 0 Å². The van der Waals surface area contributed by atoms with Gasteiger partial charge in [0.15, 0.2) is 0 Å². The van der Waals surface area contributed by atoms with Crippen LogP contribution in [0.15, 0.2) is 43.7 Å². The van der Waals surface area contributed by atoms with Crippen molar-refractivity contribution in [1.82, 2.24) is 0 Å². The van der Waals surface area contributed by atoms with Crippen molar-refractivity contribution in [3.05, 3.63) is 23.3 Å². The molecular weight excluding hydrogens is 471 g/mol. The first-order valence-corrected chi connectivity index (χ1v) is 11.2. The first-order chi connectivity index (χ1) is 14.0. The fourth-order valence-corrected chi connectivity index (χ4v) is 2.31. The molecule has 0 heterocycles. The Morgan fingerprint density at radius 3 is 1.32 bits per heavy atom. The minimum absolute atomic E-state index is 0. The Labute approximate surface area is 211 Å². The van der Waals surface area contributed by atoms with Crippen molar-refractivity contribution in [2.75, 3.05) is 0 Å². The van der Waals surface area contributed by atoms with Crippen LogP contribution in [0.3, 0.4) is 0 Å². The van der Waals surface area contributed by atoms with Gasteiger partial charge in [-0.2, -0.15) is 20.4 Å². The third kappa shape index (κ3) is 33.5. The summed E-state index contributed by atoms with van der Waals surface area (Å²) in [6, 6.07) is 0. The smallest absolute Gasteiger partial charge is 0.741 e. The first kappa shape index (κ1) is 34.3. The van der Waals surface area contributed by atoms with Gasteiger partial charge >= 0.3 is 16.5 Å². The van der Waals surface area contributed by atoms with Crippen LogP contribution >= 0.6 is 0 Å². The van der Waals surface area contributed by atoms with Crippen molar-refractivity contribution in [2.24, 2.45) is 43.7 Å². The minimum Gasteiger partial charge on any atom is -0.741 e. The molecule has 6 nitrogen and oxygen atoms in total. The van der Waals surface area contributed by atoms with Crippen LogP contribution in [-0.4, -0.2) is 22.8 Å². The van der Waals surface area contributed by atoms with Crippen LogP contribution in [0.1, 0.15) is 80.1 Å². The third-order valence-electron chi connectivity index (χ3n) is 3.79. The van der Waals surface area contributed by atoms with Crippen LogP contribution in [0.25, 0.3) is 0 Å². The Kier molecular flexibility index (Phi) is 25.9. The summed E-state index contributed by atoms with van der Waals surface area (Å²) in [7, 11) is 0. The van der Waals surface area contributed by atoms with Gasteiger partial charge in [0.2, 0.25) is 0 Å². The van der Waals surface area contributed by atoms with E-state index in [1.54, 1.807) is 12.4 Å². The molecule has 0 bridgehead atoms. The van der Waals surface area contributed by atoms with Gasteiger partial charge in [0.05, 0.1) is 0 Å². The minimum atomic E-state index is 0.